The van der Waals surface area contributed by atoms with E-state index in [0.29, 0.717) is 13.2 Å². The standard InChI is InChI=1S/C20H22BrNO2/c1-15-4-2-5-16(12-15)14-24-19-6-3-11-22(13-19)20(23)17-7-9-18(21)10-8-17/h2,4-5,7-10,12,19H,3,6,11,13-14H2,1H3. The van der Waals surface area contributed by atoms with Gasteiger partial charge in [0.15, 0.2) is 0 Å². The summed E-state index contributed by atoms with van der Waals surface area (Å²) in [5, 5.41) is 0. The van der Waals surface area contributed by atoms with Gasteiger partial charge >= 0.3 is 0 Å². The molecule has 1 aliphatic heterocycles. The zero-order chi connectivity index (χ0) is 16.9. The Bertz CT molecular complexity index is 699. The van der Waals surface area contributed by atoms with Crippen LogP contribution in [0.3, 0.4) is 0 Å². The van der Waals surface area contributed by atoms with E-state index in [1.54, 1.807) is 0 Å². The van der Waals surface area contributed by atoms with Crippen LogP contribution >= 0.6 is 15.9 Å². The molecule has 1 unspecified atom stereocenters. The van der Waals surface area contributed by atoms with Gasteiger partial charge in [0, 0.05) is 23.1 Å². The van der Waals surface area contributed by atoms with Crippen molar-refractivity contribution in [2.45, 2.75) is 32.5 Å². The lowest BCUT2D eigenvalue weighted by atomic mass is 10.1. The minimum Gasteiger partial charge on any atom is -0.372 e. The maximum atomic E-state index is 12.6. The maximum absolute atomic E-state index is 12.6. The van der Waals surface area contributed by atoms with Gasteiger partial charge in [-0.05, 0) is 49.6 Å². The monoisotopic (exact) mass is 387 g/mol. The molecule has 1 fully saturated rings. The number of carbonyl (C=O) groups is 1. The molecule has 3 rings (SSSR count). The Labute approximate surface area is 151 Å². The number of likely N-dealkylation sites (tertiary alicyclic amines) is 1. The third-order valence-corrected chi connectivity index (χ3v) is 4.85. The highest BCUT2D eigenvalue weighted by atomic mass is 79.9. The fourth-order valence-corrected chi connectivity index (χ4v) is 3.31. The van der Waals surface area contributed by atoms with Crippen LogP contribution < -0.4 is 0 Å². The number of carbonyl (C=O) groups excluding carboxylic acids is 1. The number of halogens is 1. The minimum atomic E-state index is 0.0892. The van der Waals surface area contributed by atoms with Gasteiger partial charge in [-0.15, -0.1) is 0 Å². The van der Waals surface area contributed by atoms with Crippen molar-refractivity contribution in [1.82, 2.24) is 4.90 Å². The molecule has 0 radical (unpaired) electrons. The number of amides is 1. The summed E-state index contributed by atoms with van der Waals surface area (Å²) in [6, 6.07) is 15.9. The molecule has 2 aromatic carbocycles. The Balaban J connectivity index is 1.57. The van der Waals surface area contributed by atoms with E-state index < -0.39 is 0 Å². The first kappa shape index (κ1) is 17.2. The molecule has 0 aromatic heterocycles. The van der Waals surface area contributed by atoms with Crippen molar-refractivity contribution < 1.29 is 9.53 Å². The van der Waals surface area contributed by atoms with Gasteiger partial charge in [0.1, 0.15) is 0 Å². The highest BCUT2D eigenvalue weighted by Crippen LogP contribution is 2.19. The molecule has 0 N–H and O–H groups in total. The van der Waals surface area contributed by atoms with Crippen LogP contribution in [0.4, 0.5) is 0 Å². The summed E-state index contributed by atoms with van der Waals surface area (Å²) in [4.78, 5) is 14.5. The smallest absolute Gasteiger partial charge is 0.253 e. The number of hydrogen-bond acceptors (Lipinski definition) is 2. The molecule has 0 bridgehead atoms. The fraction of sp³-hybridized carbons (Fsp3) is 0.350. The van der Waals surface area contributed by atoms with Crippen LogP contribution in [0.1, 0.15) is 34.3 Å². The first-order chi connectivity index (χ1) is 11.6. The van der Waals surface area contributed by atoms with E-state index >= 15 is 0 Å². The van der Waals surface area contributed by atoms with Crippen LogP contribution in [0.25, 0.3) is 0 Å². The van der Waals surface area contributed by atoms with Crippen molar-refractivity contribution >= 4 is 21.8 Å². The van der Waals surface area contributed by atoms with Crippen molar-refractivity contribution in [2.75, 3.05) is 13.1 Å². The minimum absolute atomic E-state index is 0.0892. The SMILES string of the molecule is Cc1cccc(COC2CCCN(C(=O)c3ccc(Br)cc3)C2)c1. The van der Waals surface area contributed by atoms with E-state index in [4.69, 9.17) is 4.74 Å². The van der Waals surface area contributed by atoms with Crippen LogP contribution in [0.2, 0.25) is 0 Å². The Morgan fingerprint density at radius 2 is 2.04 bits per heavy atom. The van der Waals surface area contributed by atoms with Crippen LogP contribution in [0, 0.1) is 6.92 Å². The highest BCUT2D eigenvalue weighted by Gasteiger charge is 2.25. The molecule has 1 atom stereocenters. The summed E-state index contributed by atoms with van der Waals surface area (Å²) in [6.07, 6.45) is 2.11. The molecule has 1 amide bonds. The van der Waals surface area contributed by atoms with Crippen molar-refractivity contribution in [3.63, 3.8) is 0 Å². The third kappa shape index (κ3) is 4.46. The number of nitrogens with zero attached hydrogens (tertiary/aromatic N) is 1. The second-order valence-corrected chi connectivity index (χ2v) is 7.24. The lowest BCUT2D eigenvalue weighted by Crippen LogP contribution is -2.43. The van der Waals surface area contributed by atoms with E-state index in [9.17, 15) is 4.79 Å². The van der Waals surface area contributed by atoms with Crippen molar-refractivity contribution in [1.29, 1.82) is 0 Å². The fourth-order valence-electron chi connectivity index (χ4n) is 3.05. The average Bonchev–Trinajstić information content (AvgIpc) is 2.60. The van der Waals surface area contributed by atoms with Gasteiger partial charge in [-0.2, -0.15) is 0 Å². The van der Waals surface area contributed by atoms with Gasteiger partial charge < -0.3 is 9.64 Å². The number of ether oxygens (including phenoxy) is 1. The van der Waals surface area contributed by atoms with Crippen molar-refractivity contribution in [3.05, 3.63) is 69.7 Å². The number of piperidine rings is 1. The zero-order valence-electron chi connectivity index (χ0n) is 13.9. The molecular weight excluding hydrogens is 366 g/mol. The number of benzene rings is 2. The summed E-state index contributed by atoms with van der Waals surface area (Å²) in [5.74, 6) is 0.0892. The van der Waals surface area contributed by atoms with E-state index in [2.05, 4.69) is 47.1 Å². The average molecular weight is 388 g/mol. The lowest BCUT2D eigenvalue weighted by molar-refractivity contribution is -0.00673. The summed E-state index contributed by atoms with van der Waals surface area (Å²) in [6.45, 7) is 4.16. The second kappa shape index (κ2) is 7.95. The normalized spacial score (nSPS) is 17.8. The molecule has 126 valence electrons. The van der Waals surface area contributed by atoms with Crippen molar-refractivity contribution in [2.24, 2.45) is 0 Å². The zero-order valence-corrected chi connectivity index (χ0v) is 15.5. The topological polar surface area (TPSA) is 29.5 Å². The molecule has 0 aliphatic carbocycles. The third-order valence-electron chi connectivity index (χ3n) is 4.32. The van der Waals surface area contributed by atoms with Gasteiger partial charge in [-0.25, -0.2) is 0 Å². The molecular formula is C20H22BrNO2. The molecule has 0 saturated carbocycles. The molecule has 4 heteroatoms. The second-order valence-electron chi connectivity index (χ2n) is 6.32. The lowest BCUT2D eigenvalue weighted by Gasteiger charge is -2.32. The largest absolute Gasteiger partial charge is 0.372 e. The Hall–Kier alpha value is -1.65. The summed E-state index contributed by atoms with van der Waals surface area (Å²) in [5.41, 5.74) is 3.16. The molecule has 0 spiro atoms. The first-order valence-electron chi connectivity index (χ1n) is 8.34. The van der Waals surface area contributed by atoms with Crippen LogP contribution in [-0.2, 0) is 11.3 Å². The molecule has 1 heterocycles. The molecule has 3 nitrogen and oxygen atoms in total. The van der Waals surface area contributed by atoms with E-state index in [1.807, 2.05) is 29.2 Å². The van der Waals surface area contributed by atoms with Gasteiger partial charge in [0.25, 0.3) is 5.91 Å². The summed E-state index contributed by atoms with van der Waals surface area (Å²) < 4.78 is 7.04. The van der Waals surface area contributed by atoms with Gasteiger partial charge in [0.05, 0.1) is 12.7 Å². The number of aryl methyl sites for hydroxylation is 1. The Kier molecular flexibility index (Phi) is 5.69. The van der Waals surface area contributed by atoms with E-state index in [1.165, 1.54) is 11.1 Å². The summed E-state index contributed by atoms with van der Waals surface area (Å²) in [7, 11) is 0. The van der Waals surface area contributed by atoms with E-state index in [-0.39, 0.29) is 12.0 Å². The quantitative estimate of drug-likeness (QED) is 0.768. The van der Waals surface area contributed by atoms with Gasteiger partial charge in [-0.3, -0.25) is 4.79 Å². The Morgan fingerprint density at radius 1 is 1.25 bits per heavy atom. The predicted octanol–water partition coefficient (Wildman–Crippen LogP) is 4.58. The molecule has 2 aromatic rings. The predicted molar refractivity (Wildman–Crippen MR) is 99.0 cm³/mol. The van der Waals surface area contributed by atoms with Crippen LogP contribution in [0.5, 0.6) is 0 Å². The van der Waals surface area contributed by atoms with E-state index in [0.717, 1.165) is 29.4 Å². The highest BCUT2D eigenvalue weighted by molar-refractivity contribution is 9.10. The first-order valence-corrected chi connectivity index (χ1v) is 9.13. The molecule has 24 heavy (non-hydrogen) atoms. The summed E-state index contributed by atoms with van der Waals surface area (Å²) >= 11 is 3.40. The van der Waals surface area contributed by atoms with Gasteiger partial charge in [-0.1, -0.05) is 45.8 Å². The number of hydrogen-bond donors (Lipinski definition) is 0. The Morgan fingerprint density at radius 3 is 2.79 bits per heavy atom. The maximum Gasteiger partial charge on any atom is 0.253 e. The van der Waals surface area contributed by atoms with Crippen molar-refractivity contribution in [3.8, 4) is 0 Å². The van der Waals surface area contributed by atoms with Crippen LogP contribution in [0.15, 0.2) is 53.0 Å². The van der Waals surface area contributed by atoms with Gasteiger partial charge in [0.2, 0.25) is 0 Å². The number of rotatable bonds is 4. The molecule has 1 saturated heterocycles. The molecule has 1 aliphatic rings. The van der Waals surface area contributed by atoms with Crippen LogP contribution in [-0.4, -0.2) is 30.0 Å².